The molecule has 3 nitrogen and oxygen atoms in total. The van der Waals surface area contributed by atoms with Gasteiger partial charge in [0, 0.05) is 19.6 Å². The zero-order valence-electron chi connectivity index (χ0n) is 11.1. The highest BCUT2D eigenvalue weighted by molar-refractivity contribution is 5.79. The van der Waals surface area contributed by atoms with E-state index in [2.05, 4.69) is 20.8 Å². The molecule has 1 amide bonds. The molecule has 1 aliphatic carbocycles. The Kier molecular flexibility index (Phi) is 4.78. The molecule has 3 unspecified atom stereocenters. The molecule has 2 N–H and O–H groups in total. The summed E-state index contributed by atoms with van der Waals surface area (Å²) in [5.74, 6) is 1.24. The number of nitrogens with zero attached hydrogens (tertiary/aromatic N) is 1. The minimum atomic E-state index is 0.0394. The van der Waals surface area contributed by atoms with Crippen molar-refractivity contribution in [3.05, 3.63) is 0 Å². The fourth-order valence-electron chi connectivity index (χ4n) is 2.78. The van der Waals surface area contributed by atoms with Crippen LogP contribution in [0.5, 0.6) is 0 Å². The molecule has 0 aromatic rings. The van der Waals surface area contributed by atoms with Crippen LogP contribution in [-0.2, 0) is 4.79 Å². The Balaban J connectivity index is 2.63. The van der Waals surface area contributed by atoms with Gasteiger partial charge in [-0.2, -0.15) is 0 Å². The topological polar surface area (TPSA) is 46.3 Å². The van der Waals surface area contributed by atoms with Crippen LogP contribution in [0.25, 0.3) is 0 Å². The van der Waals surface area contributed by atoms with Crippen LogP contribution >= 0.6 is 0 Å². The third-order valence-electron chi connectivity index (χ3n) is 3.57. The molecule has 16 heavy (non-hydrogen) atoms. The van der Waals surface area contributed by atoms with Crippen molar-refractivity contribution in [1.29, 1.82) is 0 Å². The largest absolute Gasteiger partial charge is 0.345 e. The number of amides is 1. The first-order chi connectivity index (χ1) is 7.43. The number of carbonyl (C=O) groups excluding carboxylic acids is 1. The molecule has 3 atom stereocenters. The first-order valence-electron chi connectivity index (χ1n) is 6.44. The Labute approximate surface area is 99.4 Å². The number of carbonyl (C=O) groups is 1. The fourth-order valence-corrected chi connectivity index (χ4v) is 2.78. The number of hydrogen-bond donors (Lipinski definition) is 1. The zero-order valence-corrected chi connectivity index (χ0v) is 11.1. The molecule has 0 spiro atoms. The molecule has 0 saturated heterocycles. The van der Waals surface area contributed by atoms with E-state index in [0.29, 0.717) is 11.8 Å². The van der Waals surface area contributed by atoms with E-state index in [-0.39, 0.29) is 17.9 Å². The van der Waals surface area contributed by atoms with Crippen LogP contribution in [0.15, 0.2) is 0 Å². The van der Waals surface area contributed by atoms with Gasteiger partial charge in [-0.15, -0.1) is 0 Å². The highest BCUT2D eigenvalue weighted by Gasteiger charge is 2.35. The van der Waals surface area contributed by atoms with Crippen molar-refractivity contribution in [2.24, 2.45) is 23.5 Å². The van der Waals surface area contributed by atoms with Gasteiger partial charge in [0.05, 0.1) is 5.92 Å². The Bertz CT molecular complexity index is 230. The Morgan fingerprint density at radius 2 is 2.06 bits per heavy atom. The summed E-state index contributed by atoms with van der Waals surface area (Å²) in [6.07, 6.45) is 3.30. The molecular weight excluding hydrogens is 200 g/mol. The highest BCUT2D eigenvalue weighted by Crippen LogP contribution is 2.30. The van der Waals surface area contributed by atoms with E-state index in [1.54, 1.807) is 0 Å². The lowest BCUT2D eigenvalue weighted by atomic mass is 9.76. The van der Waals surface area contributed by atoms with Gasteiger partial charge in [0.15, 0.2) is 0 Å². The summed E-state index contributed by atoms with van der Waals surface area (Å²) < 4.78 is 0. The van der Waals surface area contributed by atoms with Crippen molar-refractivity contribution in [3.63, 3.8) is 0 Å². The smallest absolute Gasteiger partial charge is 0.227 e. The van der Waals surface area contributed by atoms with Gasteiger partial charge in [-0.25, -0.2) is 0 Å². The Morgan fingerprint density at radius 3 is 2.56 bits per heavy atom. The van der Waals surface area contributed by atoms with E-state index >= 15 is 0 Å². The molecule has 1 aliphatic rings. The Morgan fingerprint density at radius 1 is 1.44 bits per heavy atom. The molecule has 1 saturated carbocycles. The van der Waals surface area contributed by atoms with Gasteiger partial charge < -0.3 is 10.6 Å². The van der Waals surface area contributed by atoms with Crippen LogP contribution in [0, 0.1) is 17.8 Å². The summed E-state index contributed by atoms with van der Waals surface area (Å²) in [6.45, 7) is 7.25. The van der Waals surface area contributed by atoms with Gasteiger partial charge in [0.25, 0.3) is 0 Å². The van der Waals surface area contributed by atoms with E-state index in [1.807, 2.05) is 11.9 Å². The quantitative estimate of drug-likeness (QED) is 0.798. The van der Waals surface area contributed by atoms with Crippen LogP contribution in [0.2, 0.25) is 0 Å². The summed E-state index contributed by atoms with van der Waals surface area (Å²) in [7, 11) is 1.90. The second-order valence-electron chi connectivity index (χ2n) is 5.71. The normalized spacial score (nSPS) is 30.5. The summed E-state index contributed by atoms with van der Waals surface area (Å²) >= 11 is 0. The van der Waals surface area contributed by atoms with E-state index in [9.17, 15) is 4.79 Å². The monoisotopic (exact) mass is 226 g/mol. The lowest BCUT2D eigenvalue weighted by molar-refractivity contribution is -0.138. The summed E-state index contributed by atoms with van der Waals surface area (Å²) in [5.41, 5.74) is 6.09. The lowest BCUT2D eigenvalue weighted by Crippen LogP contribution is -2.48. The second-order valence-corrected chi connectivity index (χ2v) is 5.71. The van der Waals surface area contributed by atoms with Crippen molar-refractivity contribution >= 4 is 5.91 Å². The van der Waals surface area contributed by atoms with Crippen LogP contribution in [0.1, 0.15) is 40.0 Å². The first kappa shape index (κ1) is 13.5. The first-order valence-corrected chi connectivity index (χ1v) is 6.44. The maximum atomic E-state index is 12.3. The SMILES string of the molecule is CC(C)CN(C)C(=O)C1C(C)CCCC1N. The molecular formula is C13H26N2O. The molecule has 3 heteroatoms. The highest BCUT2D eigenvalue weighted by atomic mass is 16.2. The molecule has 0 bridgehead atoms. The van der Waals surface area contributed by atoms with E-state index in [1.165, 1.54) is 6.42 Å². The maximum Gasteiger partial charge on any atom is 0.227 e. The van der Waals surface area contributed by atoms with Crippen molar-refractivity contribution in [2.75, 3.05) is 13.6 Å². The molecule has 94 valence electrons. The summed E-state index contributed by atoms with van der Waals surface area (Å²) in [4.78, 5) is 14.2. The Hall–Kier alpha value is -0.570. The van der Waals surface area contributed by atoms with Crippen LogP contribution < -0.4 is 5.73 Å². The molecule has 0 radical (unpaired) electrons. The molecule has 0 heterocycles. The van der Waals surface area contributed by atoms with E-state index in [0.717, 1.165) is 19.4 Å². The van der Waals surface area contributed by atoms with Crippen LogP contribution in [0.3, 0.4) is 0 Å². The van der Waals surface area contributed by atoms with Crippen molar-refractivity contribution < 1.29 is 4.79 Å². The van der Waals surface area contributed by atoms with Crippen molar-refractivity contribution in [2.45, 2.75) is 46.1 Å². The molecule has 0 aliphatic heterocycles. The predicted molar refractivity (Wildman–Crippen MR) is 67.0 cm³/mol. The summed E-state index contributed by atoms with van der Waals surface area (Å²) in [5, 5.41) is 0. The number of hydrogen-bond acceptors (Lipinski definition) is 2. The van der Waals surface area contributed by atoms with Crippen molar-refractivity contribution in [1.82, 2.24) is 4.90 Å². The predicted octanol–water partition coefficient (Wildman–Crippen LogP) is 1.86. The van der Waals surface area contributed by atoms with Gasteiger partial charge in [0.1, 0.15) is 0 Å². The number of rotatable bonds is 3. The van der Waals surface area contributed by atoms with Crippen LogP contribution in [0.4, 0.5) is 0 Å². The standard InChI is InChI=1S/C13H26N2O/c1-9(2)8-15(4)13(16)12-10(3)6-5-7-11(12)14/h9-12H,5-8,14H2,1-4H3. The van der Waals surface area contributed by atoms with Crippen LogP contribution in [-0.4, -0.2) is 30.4 Å². The molecule has 0 aromatic heterocycles. The third-order valence-corrected chi connectivity index (χ3v) is 3.57. The molecule has 0 aromatic carbocycles. The third kappa shape index (κ3) is 3.21. The average Bonchev–Trinajstić information content (AvgIpc) is 2.16. The second kappa shape index (κ2) is 5.67. The van der Waals surface area contributed by atoms with Gasteiger partial charge in [-0.1, -0.05) is 27.2 Å². The van der Waals surface area contributed by atoms with E-state index < -0.39 is 0 Å². The minimum absolute atomic E-state index is 0.0394. The van der Waals surface area contributed by atoms with Gasteiger partial charge in [-0.3, -0.25) is 4.79 Å². The zero-order chi connectivity index (χ0) is 12.3. The van der Waals surface area contributed by atoms with Gasteiger partial charge >= 0.3 is 0 Å². The lowest BCUT2D eigenvalue weighted by Gasteiger charge is -2.36. The molecule has 1 rings (SSSR count). The van der Waals surface area contributed by atoms with Gasteiger partial charge in [-0.05, 0) is 24.7 Å². The maximum absolute atomic E-state index is 12.3. The number of nitrogens with two attached hydrogens (primary N) is 1. The molecule has 1 fully saturated rings. The fraction of sp³-hybridized carbons (Fsp3) is 0.923. The summed E-state index contributed by atoms with van der Waals surface area (Å²) in [6, 6.07) is 0.0610. The minimum Gasteiger partial charge on any atom is -0.345 e. The average molecular weight is 226 g/mol. The van der Waals surface area contributed by atoms with Crippen molar-refractivity contribution in [3.8, 4) is 0 Å². The van der Waals surface area contributed by atoms with Gasteiger partial charge in [0.2, 0.25) is 5.91 Å². The van der Waals surface area contributed by atoms with E-state index in [4.69, 9.17) is 5.73 Å².